The molecule has 1 aliphatic heterocycles. The van der Waals surface area contributed by atoms with Crippen LogP contribution >= 0.6 is 0 Å². The zero-order valence-corrected chi connectivity index (χ0v) is 8.86. The van der Waals surface area contributed by atoms with Gasteiger partial charge in [0, 0.05) is 32.2 Å². The maximum Gasteiger partial charge on any atom is 0.139 e. The van der Waals surface area contributed by atoms with E-state index in [0.717, 1.165) is 37.6 Å². The highest BCUT2D eigenvalue weighted by molar-refractivity contribution is 5.61. The van der Waals surface area contributed by atoms with Crippen LogP contribution in [-0.4, -0.2) is 38.4 Å². The van der Waals surface area contributed by atoms with Crippen molar-refractivity contribution in [3.05, 3.63) is 18.2 Å². The molecular formula is C11H16N2O2. The molecule has 0 spiro atoms. The molecule has 1 heterocycles. The zero-order chi connectivity index (χ0) is 10.7. The van der Waals surface area contributed by atoms with Crippen molar-refractivity contribution < 1.29 is 9.84 Å². The van der Waals surface area contributed by atoms with Gasteiger partial charge in [0.05, 0.1) is 12.8 Å². The predicted molar refractivity (Wildman–Crippen MR) is 59.7 cm³/mol. The van der Waals surface area contributed by atoms with E-state index in [1.54, 1.807) is 19.2 Å². The highest BCUT2D eigenvalue weighted by atomic mass is 16.5. The largest absolute Gasteiger partial charge is 0.506 e. The maximum absolute atomic E-state index is 9.77. The fourth-order valence-electron chi connectivity index (χ4n) is 1.79. The summed E-state index contributed by atoms with van der Waals surface area (Å²) in [5.41, 5.74) is 0.857. The Bertz CT molecular complexity index is 335. The van der Waals surface area contributed by atoms with Crippen molar-refractivity contribution in [1.29, 1.82) is 0 Å². The molecule has 1 aliphatic rings. The van der Waals surface area contributed by atoms with Gasteiger partial charge >= 0.3 is 0 Å². The van der Waals surface area contributed by atoms with Crippen molar-refractivity contribution in [2.24, 2.45) is 0 Å². The summed E-state index contributed by atoms with van der Waals surface area (Å²) < 4.78 is 5.15. The van der Waals surface area contributed by atoms with Gasteiger partial charge in [-0.05, 0) is 12.1 Å². The molecular weight excluding hydrogens is 192 g/mol. The van der Waals surface area contributed by atoms with Gasteiger partial charge < -0.3 is 20.1 Å². The van der Waals surface area contributed by atoms with E-state index in [4.69, 9.17) is 4.74 Å². The summed E-state index contributed by atoms with van der Waals surface area (Å²) >= 11 is 0. The van der Waals surface area contributed by atoms with Crippen LogP contribution in [0.3, 0.4) is 0 Å². The molecule has 0 aromatic heterocycles. The maximum atomic E-state index is 9.77. The minimum atomic E-state index is 0.317. The van der Waals surface area contributed by atoms with Crippen LogP contribution in [0.4, 0.5) is 5.69 Å². The number of hydrogen-bond acceptors (Lipinski definition) is 4. The Morgan fingerprint density at radius 1 is 1.33 bits per heavy atom. The lowest BCUT2D eigenvalue weighted by atomic mass is 10.2. The summed E-state index contributed by atoms with van der Waals surface area (Å²) in [6.07, 6.45) is 0. The van der Waals surface area contributed by atoms with Gasteiger partial charge in [0.25, 0.3) is 0 Å². The molecule has 0 atom stereocenters. The number of phenols is 1. The first-order chi connectivity index (χ1) is 7.31. The SMILES string of the molecule is COc1ccc(O)c(N2CCNCC2)c1. The second-order valence-electron chi connectivity index (χ2n) is 3.59. The number of benzene rings is 1. The number of methoxy groups -OCH3 is 1. The first-order valence-electron chi connectivity index (χ1n) is 5.14. The normalized spacial score (nSPS) is 16.5. The Kier molecular flexibility index (Phi) is 2.97. The van der Waals surface area contributed by atoms with Crippen LogP contribution in [0.15, 0.2) is 18.2 Å². The average molecular weight is 208 g/mol. The summed E-state index contributed by atoms with van der Waals surface area (Å²) in [5, 5.41) is 13.0. The molecule has 1 aromatic carbocycles. The third-order valence-corrected chi connectivity index (χ3v) is 2.64. The molecule has 0 aliphatic carbocycles. The number of nitrogens with one attached hydrogen (secondary N) is 1. The van der Waals surface area contributed by atoms with Crippen LogP contribution in [-0.2, 0) is 0 Å². The Balaban J connectivity index is 2.24. The monoisotopic (exact) mass is 208 g/mol. The molecule has 2 N–H and O–H groups in total. The fourth-order valence-corrected chi connectivity index (χ4v) is 1.79. The molecule has 15 heavy (non-hydrogen) atoms. The van der Waals surface area contributed by atoms with Gasteiger partial charge in [0.15, 0.2) is 0 Å². The van der Waals surface area contributed by atoms with Crippen LogP contribution < -0.4 is 15.0 Å². The first-order valence-corrected chi connectivity index (χ1v) is 5.14. The number of piperazine rings is 1. The van der Waals surface area contributed by atoms with Crippen LogP contribution in [0.2, 0.25) is 0 Å². The second-order valence-corrected chi connectivity index (χ2v) is 3.59. The van der Waals surface area contributed by atoms with E-state index in [2.05, 4.69) is 10.2 Å². The molecule has 2 rings (SSSR count). The quantitative estimate of drug-likeness (QED) is 0.755. The second kappa shape index (κ2) is 4.40. The Morgan fingerprint density at radius 2 is 2.07 bits per heavy atom. The van der Waals surface area contributed by atoms with Gasteiger partial charge in [-0.1, -0.05) is 0 Å². The van der Waals surface area contributed by atoms with Gasteiger partial charge in [-0.25, -0.2) is 0 Å². The Labute approximate surface area is 89.5 Å². The number of aromatic hydroxyl groups is 1. The van der Waals surface area contributed by atoms with Crippen LogP contribution in [0.25, 0.3) is 0 Å². The summed E-state index contributed by atoms with van der Waals surface area (Å²) in [5.74, 6) is 1.10. The highest BCUT2D eigenvalue weighted by Gasteiger charge is 2.14. The molecule has 0 saturated carbocycles. The summed E-state index contributed by atoms with van der Waals surface area (Å²) in [6.45, 7) is 3.74. The van der Waals surface area contributed by atoms with Crippen molar-refractivity contribution >= 4 is 5.69 Å². The molecule has 4 heteroatoms. The van der Waals surface area contributed by atoms with Crippen molar-refractivity contribution in [3.8, 4) is 11.5 Å². The average Bonchev–Trinajstić information content (AvgIpc) is 2.31. The standard InChI is InChI=1S/C11H16N2O2/c1-15-9-2-3-11(14)10(8-9)13-6-4-12-5-7-13/h2-3,8,12,14H,4-7H2,1H3. The topological polar surface area (TPSA) is 44.7 Å². The van der Waals surface area contributed by atoms with Crippen molar-refractivity contribution in [2.75, 3.05) is 38.2 Å². The van der Waals surface area contributed by atoms with Crippen LogP contribution in [0, 0.1) is 0 Å². The number of rotatable bonds is 2. The minimum Gasteiger partial charge on any atom is -0.506 e. The van der Waals surface area contributed by atoms with Gasteiger partial charge in [0.1, 0.15) is 11.5 Å². The molecule has 0 radical (unpaired) electrons. The molecule has 0 unspecified atom stereocenters. The number of hydrogen-bond donors (Lipinski definition) is 2. The summed E-state index contributed by atoms with van der Waals surface area (Å²) in [4.78, 5) is 2.16. The number of nitrogens with zero attached hydrogens (tertiary/aromatic N) is 1. The van der Waals surface area contributed by atoms with E-state index >= 15 is 0 Å². The number of ether oxygens (including phenoxy) is 1. The van der Waals surface area contributed by atoms with Gasteiger partial charge in [-0.3, -0.25) is 0 Å². The lowest BCUT2D eigenvalue weighted by Gasteiger charge is -2.30. The summed E-state index contributed by atoms with van der Waals surface area (Å²) in [6, 6.07) is 5.32. The zero-order valence-electron chi connectivity index (χ0n) is 8.86. The fraction of sp³-hybridized carbons (Fsp3) is 0.455. The minimum absolute atomic E-state index is 0.317. The number of phenolic OH excluding ortho intramolecular Hbond substituents is 1. The highest BCUT2D eigenvalue weighted by Crippen LogP contribution is 2.31. The molecule has 82 valence electrons. The van der Waals surface area contributed by atoms with E-state index in [-0.39, 0.29) is 0 Å². The summed E-state index contributed by atoms with van der Waals surface area (Å²) in [7, 11) is 1.63. The van der Waals surface area contributed by atoms with Gasteiger partial charge in [0.2, 0.25) is 0 Å². The van der Waals surface area contributed by atoms with E-state index in [1.807, 2.05) is 6.07 Å². The van der Waals surface area contributed by atoms with Crippen LogP contribution in [0.5, 0.6) is 11.5 Å². The molecule has 4 nitrogen and oxygen atoms in total. The molecule has 1 aromatic rings. The van der Waals surface area contributed by atoms with Crippen LogP contribution in [0.1, 0.15) is 0 Å². The van der Waals surface area contributed by atoms with E-state index in [9.17, 15) is 5.11 Å². The van der Waals surface area contributed by atoms with E-state index in [0.29, 0.717) is 5.75 Å². The van der Waals surface area contributed by atoms with Gasteiger partial charge in [-0.15, -0.1) is 0 Å². The Morgan fingerprint density at radius 3 is 2.73 bits per heavy atom. The van der Waals surface area contributed by atoms with Crippen molar-refractivity contribution in [2.45, 2.75) is 0 Å². The van der Waals surface area contributed by atoms with Crippen molar-refractivity contribution in [1.82, 2.24) is 5.32 Å². The lowest BCUT2D eigenvalue weighted by molar-refractivity contribution is 0.412. The van der Waals surface area contributed by atoms with E-state index in [1.165, 1.54) is 0 Å². The molecule has 1 saturated heterocycles. The van der Waals surface area contributed by atoms with E-state index < -0.39 is 0 Å². The smallest absolute Gasteiger partial charge is 0.139 e. The third kappa shape index (κ3) is 2.15. The number of anilines is 1. The molecule has 0 bridgehead atoms. The van der Waals surface area contributed by atoms with Crippen molar-refractivity contribution in [3.63, 3.8) is 0 Å². The Hall–Kier alpha value is -1.42. The molecule has 1 fully saturated rings. The predicted octanol–water partition coefficient (Wildman–Crippen LogP) is 0.810. The first kappa shape index (κ1) is 10.1. The van der Waals surface area contributed by atoms with Gasteiger partial charge in [-0.2, -0.15) is 0 Å². The molecule has 0 amide bonds. The third-order valence-electron chi connectivity index (χ3n) is 2.64. The lowest BCUT2D eigenvalue weighted by Crippen LogP contribution is -2.43.